The highest BCUT2D eigenvalue weighted by Crippen LogP contribution is 2.30. The first-order valence-electron chi connectivity index (χ1n) is 9.49. The highest BCUT2D eigenvalue weighted by Gasteiger charge is 2.16. The molecule has 3 aromatic carbocycles. The Kier molecular flexibility index (Phi) is 5.70. The van der Waals surface area contributed by atoms with Crippen molar-refractivity contribution in [1.82, 2.24) is 5.43 Å². The third kappa shape index (κ3) is 4.59. The quantitative estimate of drug-likeness (QED) is 0.261. The second kappa shape index (κ2) is 8.91. The summed E-state index contributed by atoms with van der Waals surface area (Å²) in [4.78, 5) is 22.8. The van der Waals surface area contributed by atoms with Crippen molar-refractivity contribution < 1.29 is 14.1 Å². The van der Waals surface area contributed by atoms with Crippen LogP contribution < -0.4 is 10.7 Å². The molecule has 4 rings (SSSR count). The van der Waals surface area contributed by atoms with Gasteiger partial charge in [-0.3, -0.25) is 14.9 Å². The van der Waals surface area contributed by atoms with E-state index >= 15 is 0 Å². The van der Waals surface area contributed by atoms with Crippen molar-refractivity contribution in [1.29, 1.82) is 0 Å². The molecule has 154 valence electrons. The van der Waals surface area contributed by atoms with Crippen LogP contribution in [0.15, 0.2) is 88.4 Å². The molecule has 0 saturated carbocycles. The van der Waals surface area contributed by atoms with Gasteiger partial charge in [-0.25, -0.2) is 5.43 Å². The predicted molar refractivity (Wildman–Crippen MR) is 119 cm³/mol. The fourth-order valence-electron chi connectivity index (χ4n) is 3.17. The number of rotatable bonds is 7. The number of furan rings is 1. The maximum Gasteiger partial charge on any atom is 0.280 e. The number of carbonyl (C=O) groups is 1. The SMILES string of the molecule is O=C(CNc1cccc2ccccc12)N/N=C/c1ccc(-c2ccccc2[N+](=O)[O-])o1. The third-order valence-electron chi connectivity index (χ3n) is 4.60. The zero-order chi connectivity index (χ0) is 21.6. The van der Waals surface area contributed by atoms with E-state index < -0.39 is 4.92 Å². The van der Waals surface area contributed by atoms with Crippen molar-refractivity contribution in [3.8, 4) is 11.3 Å². The number of hydrogen-bond donors (Lipinski definition) is 2. The van der Waals surface area contributed by atoms with E-state index in [2.05, 4.69) is 15.8 Å². The van der Waals surface area contributed by atoms with Gasteiger partial charge in [0.25, 0.3) is 11.6 Å². The van der Waals surface area contributed by atoms with Crippen LogP contribution in [0.3, 0.4) is 0 Å². The van der Waals surface area contributed by atoms with Gasteiger partial charge in [0, 0.05) is 17.1 Å². The first-order valence-corrected chi connectivity index (χ1v) is 9.49. The molecule has 0 radical (unpaired) electrons. The molecule has 31 heavy (non-hydrogen) atoms. The summed E-state index contributed by atoms with van der Waals surface area (Å²) in [6, 6.07) is 23.3. The largest absolute Gasteiger partial charge is 0.455 e. The number of benzene rings is 3. The van der Waals surface area contributed by atoms with Crippen molar-refractivity contribution in [2.24, 2.45) is 5.10 Å². The Labute approximate surface area is 177 Å². The fraction of sp³-hybridized carbons (Fsp3) is 0.0435. The van der Waals surface area contributed by atoms with Gasteiger partial charge in [0.2, 0.25) is 0 Å². The standard InChI is InChI=1S/C23H18N4O4/c28-23(15-24-20-10-5-7-16-6-1-2-8-18(16)20)26-25-14-17-12-13-22(31-17)19-9-3-4-11-21(19)27(29)30/h1-14,24H,15H2,(H,26,28)/b25-14+. The lowest BCUT2D eigenvalue weighted by Crippen LogP contribution is -2.25. The summed E-state index contributed by atoms with van der Waals surface area (Å²) >= 11 is 0. The number of hydrazone groups is 1. The van der Waals surface area contributed by atoms with Gasteiger partial charge < -0.3 is 9.73 Å². The molecule has 0 atom stereocenters. The van der Waals surface area contributed by atoms with Gasteiger partial charge in [-0.05, 0) is 29.7 Å². The van der Waals surface area contributed by atoms with Crippen molar-refractivity contribution in [2.45, 2.75) is 0 Å². The van der Waals surface area contributed by atoms with Crippen LogP contribution in [0.5, 0.6) is 0 Å². The monoisotopic (exact) mass is 414 g/mol. The Balaban J connectivity index is 1.36. The molecule has 1 amide bonds. The van der Waals surface area contributed by atoms with Gasteiger partial charge in [0.05, 0.1) is 23.2 Å². The first kappa shape index (κ1) is 19.8. The van der Waals surface area contributed by atoms with Gasteiger partial charge in [0.1, 0.15) is 11.5 Å². The second-order valence-electron chi connectivity index (χ2n) is 6.65. The van der Waals surface area contributed by atoms with Crippen LogP contribution in [0, 0.1) is 10.1 Å². The Morgan fingerprint density at radius 3 is 2.65 bits per heavy atom. The molecule has 1 aromatic heterocycles. The Morgan fingerprint density at radius 2 is 1.77 bits per heavy atom. The minimum Gasteiger partial charge on any atom is -0.455 e. The molecule has 2 N–H and O–H groups in total. The van der Waals surface area contributed by atoms with E-state index in [1.807, 2.05) is 42.5 Å². The molecule has 0 bridgehead atoms. The maximum absolute atomic E-state index is 12.1. The molecule has 8 heteroatoms. The zero-order valence-corrected chi connectivity index (χ0v) is 16.3. The van der Waals surface area contributed by atoms with E-state index in [0.29, 0.717) is 17.1 Å². The van der Waals surface area contributed by atoms with Crippen LogP contribution in [0.2, 0.25) is 0 Å². The van der Waals surface area contributed by atoms with Gasteiger partial charge in [0.15, 0.2) is 0 Å². The van der Waals surface area contributed by atoms with Crippen LogP contribution in [-0.2, 0) is 4.79 Å². The van der Waals surface area contributed by atoms with Gasteiger partial charge >= 0.3 is 0 Å². The highest BCUT2D eigenvalue weighted by molar-refractivity contribution is 5.95. The molecular formula is C23H18N4O4. The van der Waals surface area contributed by atoms with Crippen molar-refractivity contribution in [2.75, 3.05) is 11.9 Å². The Hall–Kier alpha value is -4.46. The van der Waals surface area contributed by atoms with Crippen LogP contribution >= 0.6 is 0 Å². The average molecular weight is 414 g/mol. The number of nitro groups is 1. The molecule has 8 nitrogen and oxygen atoms in total. The molecule has 0 saturated heterocycles. The second-order valence-corrected chi connectivity index (χ2v) is 6.65. The third-order valence-corrected chi connectivity index (χ3v) is 4.60. The number of anilines is 1. The zero-order valence-electron chi connectivity index (χ0n) is 16.3. The van der Waals surface area contributed by atoms with Crippen LogP contribution in [0.4, 0.5) is 11.4 Å². The number of nitrogens with zero attached hydrogens (tertiary/aromatic N) is 2. The van der Waals surface area contributed by atoms with E-state index in [9.17, 15) is 14.9 Å². The van der Waals surface area contributed by atoms with E-state index in [1.165, 1.54) is 12.3 Å². The fourth-order valence-corrected chi connectivity index (χ4v) is 3.17. The molecular weight excluding hydrogens is 396 g/mol. The summed E-state index contributed by atoms with van der Waals surface area (Å²) in [6.07, 6.45) is 1.34. The van der Waals surface area contributed by atoms with E-state index in [4.69, 9.17) is 4.42 Å². The molecule has 4 aromatic rings. The van der Waals surface area contributed by atoms with Crippen molar-refractivity contribution >= 4 is 34.3 Å². The molecule has 0 aliphatic carbocycles. The predicted octanol–water partition coefficient (Wildman–Crippen LogP) is 4.57. The number of carbonyl (C=O) groups excluding carboxylic acids is 1. The van der Waals surface area contributed by atoms with Gasteiger partial charge in [-0.2, -0.15) is 5.10 Å². The van der Waals surface area contributed by atoms with Crippen molar-refractivity contribution in [3.05, 3.63) is 94.7 Å². The summed E-state index contributed by atoms with van der Waals surface area (Å²) in [6.45, 7) is 0.0466. The Bertz CT molecular complexity index is 1270. The lowest BCUT2D eigenvalue weighted by atomic mass is 10.1. The van der Waals surface area contributed by atoms with Gasteiger partial charge in [-0.1, -0.05) is 48.5 Å². The minimum atomic E-state index is -0.464. The molecule has 0 unspecified atom stereocenters. The molecule has 0 spiro atoms. The topological polar surface area (TPSA) is 110 Å². The smallest absolute Gasteiger partial charge is 0.280 e. The molecule has 0 aliphatic rings. The lowest BCUT2D eigenvalue weighted by molar-refractivity contribution is -0.384. The summed E-state index contributed by atoms with van der Waals surface area (Å²) in [7, 11) is 0. The summed E-state index contributed by atoms with van der Waals surface area (Å²) in [5, 5.41) is 20.3. The maximum atomic E-state index is 12.1. The lowest BCUT2D eigenvalue weighted by Gasteiger charge is -2.08. The highest BCUT2D eigenvalue weighted by atomic mass is 16.6. The minimum absolute atomic E-state index is 0.0466. The number of nitro benzene ring substituents is 1. The Morgan fingerprint density at radius 1 is 1.00 bits per heavy atom. The van der Waals surface area contributed by atoms with Gasteiger partial charge in [-0.15, -0.1) is 0 Å². The van der Waals surface area contributed by atoms with Crippen LogP contribution in [0.25, 0.3) is 22.1 Å². The average Bonchev–Trinajstić information content (AvgIpc) is 3.26. The summed E-state index contributed by atoms with van der Waals surface area (Å²) in [5.41, 5.74) is 3.61. The van der Waals surface area contributed by atoms with Crippen LogP contribution in [0.1, 0.15) is 5.76 Å². The first-order chi connectivity index (χ1) is 15.1. The van der Waals surface area contributed by atoms with E-state index in [-0.39, 0.29) is 18.1 Å². The number of nitrogens with one attached hydrogen (secondary N) is 2. The van der Waals surface area contributed by atoms with Crippen LogP contribution in [-0.4, -0.2) is 23.6 Å². The summed E-state index contributed by atoms with van der Waals surface area (Å²) < 4.78 is 5.60. The number of fused-ring (bicyclic) bond motifs is 1. The molecule has 0 fully saturated rings. The summed E-state index contributed by atoms with van der Waals surface area (Å²) in [5.74, 6) is 0.378. The molecule has 1 heterocycles. The van der Waals surface area contributed by atoms with E-state index in [1.54, 1.807) is 30.3 Å². The number of amides is 1. The van der Waals surface area contributed by atoms with Crippen molar-refractivity contribution in [3.63, 3.8) is 0 Å². The molecule has 0 aliphatic heterocycles. The number of para-hydroxylation sites is 1. The van der Waals surface area contributed by atoms with E-state index in [0.717, 1.165) is 16.5 Å². The number of hydrogen-bond acceptors (Lipinski definition) is 6. The normalized spacial score (nSPS) is 11.0.